The quantitative estimate of drug-likeness (QED) is 0.215. The van der Waals surface area contributed by atoms with Gasteiger partial charge in [-0.2, -0.15) is 0 Å². The number of anilines is 2. The van der Waals surface area contributed by atoms with Crippen LogP contribution in [0.3, 0.4) is 0 Å². The zero-order valence-corrected chi connectivity index (χ0v) is 25.3. The fraction of sp³-hybridized carbons (Fsp3) is 0.242. The van der Waals surface area contributed by atoms with Crippen molar-refractivity contribution >= 4 is 64.2 Å². The molecule has 3 aromatic rings. The first kappa shape index (κ1) is 29.1. The Morgan fingerprint density at radius 3 is 1.56 bits per heavy atom. The number of benzene rings is 3. The number of esters is 1. The van der Waals surface area contributed by atoms with Crippen LogP contribution in [0.15, 0.2) is 78.4 Å². The number of methoxy groups -OCH3 is 2. The minimum Gasteiger partial charge on any atom is -0.497 e. The highest BCUT2D eigenvalue weighted by Gasteiger charge is 2.71. The van der Waals surface area contributed by atoms with Crippen LogP contribution >= 0.6 is 23.2 Å². The van der Waals surface area contributed by atoms with Crippen molar-refractivity contribution in [3.05, 3.63) is 88.4 Å². The Labute approximate surface area is 267 Å². The second-order valence-electron chi connectivity index (χ2n) is 11.2. The summed E-state index contributed by atoms with van der Waals surface area (Å²) in [6.45, 7) is 0. The molecule has 6 atom stereocenters. The minimum atomic E-state index is -1.11. The highest BCUT2D eigenvalue weighted by molar-refractivity contribution is 6.35. The Kier molecular flexibility index (Phi) is 6.94. The summed E-state index contributed by atoms with van der Waals surface area (Å²) in [5.74, 6) is -7.98. The molecule has 2 unspecified atom stereocenters. The largest absolute Gasteiger partial charge is 0.497 e. The number of hydrogen-bond donors (Lipinski definition) is 0. The number of nitrogens with zero attached hydrogens (tertiary/aromatic N) is 2. The van der Waals surface area contributed by atoms with Gasteiger partial charge in [-0.25, -0.2) is 4.79 Å². The summed E-state index contributed by atoms with van der Waals surface area (Å²) >= 11 is 12.3. The van der Waals surface area contributed by atoms with E-state index in [0.29, 0.717) is 27.9 Å². The lowest BCUT2D eigenvalue weighted by molar-refractivity contribution is -0.142. The van der Waals surface area contributed by atoms with Crippen LogP contribution in [0.25, 0.3) is 0 Å². The molecule has 12 heteroatoms. The maximum Gasteiger partial charge on any atom is 0.339 e. The fourth-order valence-electron chi connectivity index (χ4n) is 7.24. The van der Waals surface area contributed by atoms with E-state index in [0.717, 1.165) is 9.80 Å². The molecule has 3 aromatic carbocycles. The predicted molar refractivity (Wildman–Crippen MR) is 162 cm³/mol. The summed E-state index contributed by atoms with van der Waals surface area (Å²) < 4.78 is 16.1. The Bertz CT molecular complexity index is 1730. The molecule has 10 nitrogen and oxygen atoms in total. The van der Waals surface area contributed by atoms with Gasteiger partial charge in [-0.15, -0.1) is 0 Å². The highest BCUT2D eigenvalue weighted by Crippen LogP contribution is 2.61. The van der Waals surface area contributed by atoms with Gasteiger partial charge in [-0.05, 0) is 66.7 Å². The third kappa shape index (κ3) is 4.34. The van der Waals surface area contributed by atoms with Crippen LogP contribution in [0.5, 0.6) is 17.2 Å². The number of halogens is 2. The number of allylic oxidation sites excluding steroid dienone is 1. The molecule has 4 amide bonds. The Hall–Kier alpha value is -4.67. The molecule has 0 aromatic heterocycles. The van der Waals surface area contributed by atoms with Crippen LogP contribution in [0.4, 0.5) is 11.4 Å². The Morgan fingerprint density at radius 2 is 1.11 bits per heavy atom. The molecular weight excluding hydrogens is 623 g/mol. The lowest BCUT2D eigenvalue weighted by Gasteiger charge is -2.46. The van der Waals surface area contributed by atoms with E-state index >= 15 is 0 Å². The smallest absolute Gasteiger partial charge is 0.339 e. The third-order valence-corrected chi connectivity index (χ3v) is 9.65. The molecule has 0 radical (unpaired) electrons. The normalized spacial score (nSPS) is 26.5. The molecule has 0 N–H and O–H groups in total. The number of ether oxygens (including phenoxy) is 3. The molecule has 2 bridgehead atoms. The van der Waals surface area contributed by atoms with Gasteiger partial charge in [-0.1, -0.05) is 29.3 Å². The molecule has 1 saturated carbocycles. The van der Waals surface area contributed by atoms with E-state index in [-0.39, 0.29) is 16.3 Å². The number of imide groups is 2. The number of amides is 4. The predicted octanol–water partition coefficient (Wildman–Crippen LogP) is 4.71. The monoisotopic (exact) mass is 646 g/mol. The topological polar surface area (TPSA) is 120 Å². The van der Waals surface area contributed by atoms with E-state index in [9.17, 15) is 24.0 Å². The summed E-state index contributed by atoms with van der Waals surface area (Å²) in [5, 5.41) is 0.424. The van der Waals surface area contributed by atoms with Crippen molar-refractivity contribution in [2.24, 2.45) is 35.5 Å². The standard InChI is InChI=1S/C33H24Cl2N2O8/c1-43-18-8-4-16(5-9-18)36-29(38)25-20-14-21(33(42)45-23-12-3-15(34)13-22(23)35)24(27(25)31(36)40)28-26(20)30(39)37(32(28)41)17-6-10-19(44-2)11-7-17/h3-14,20,24-28H,1-2H3/t20?,24?,25-,26+,27+,28-. The maximum absolute atomic E-state index is 14.1. The molecule has 45 heavy (non-hydrogen) atoms. The molecule has 2 saturated heterocycles. The SMILES string of the molecule is COc1ccc(N2C(=O)[C@@H]3C4C(C(=O)Oc5ccc(Cl)cc5Cl)=CC([C@H]5C(=O)N(c6ccc(OC)cc6)C(=O)[C@@H]45)[C@@H]3C2=O)cc1. The molecule has 2 heterocycles. The van der Waals surface area contributed by atoms with Gasteiger partial charge >= 0.3 is 5.97 Å². The first-order valence-corrected chi connectivity index (χ1v) is 14.8. The van der Waals surface area contributed by atoms with E-state index in [1.54, 1.807) is 48.5 Å². The molecule has 3 fully saturated rings. The first-order chi connectivity index (χ1) is 21.6. The van der Waals surface area contributed by atoms with Gasteiger partial charge in [0.2, 0.25) is 23.6 Å². The zero-order valence-electron chi connectivity index (χ0n) is 23.8. The number of hydrogen-bond acceptors (Lipinski definition) is 8. The first-order valence-electron chi connectivity index (χ1n) is 14.1. The summed E-state index contributed by atoms with van der Waals surface area (Å²) in [5.41, 5.74) is 0.683. The van der Waals surface area contributed by atoms with Crippen LogP contribution in [0.1, 0.15) is 0 Å². The zero-order chi connectivity index (χ0) is 31.7. The van der Waals surface area contributed by atoms with Crippen LogP contribution in [-0.4, -0.2) is 43.8 Å². The van der Waals surface area contributed by atoms with Crippen LogP contribution in [0.2, 0.25) is 10.0 Å². The summed E-state index contributed by atoms with van der Waals surface area (Å²) in [7, 11) is 3.00. The molecule has 3 aliphatic carbocycles. The molecule has 0 spiro atoms. The van der Waals surface area contributed by atoms with Crippen LogP contribution in [-0.2, 0) is 24.0 Å². The van der Waals surface area contributed by atoms with E-state index in [1.165, 1.54) is 38.5 Å². The molecular formula is C33H24Cl2N2O8. The van der Waals surface area contributed by atoms with E-state index in [2.05, 4.69) is 0 Å². The summed E-state index contributed by atoms with van der Waals surface area (Å²) in [4.78, 5) is 72.2. The number of carbonyl (C=O) groups is 5. The van der Waals surface area contributed by atoms with Gasteiger partial charge in [0.1, 0.15) is 17.2 Å². The number of rotatable bonds is 6. The summed E-state index contributed by atoms with van der Waals surface area (Å²) in [6.07, 6.45) is 1.53. The van der Waals surface area contributed by atoms with Gasteiger partial charge in [-0.3, -0.25) is 29.0 Å². The van der Waals surface area contributed by atoms with Crippen LogP contribution in [0, 0.1) is 35.5 Å². The van der Waals surface area contributed by atoms with Crippen molar-refractivity contribution in [2.75, 3.05) is 24.0 Å². The highest BCUT2D eigenvalue weighted by atomic mass is 35.5. The van der Waals surface area contributed by atoms with E-state index in [4.69, 9.17) is 37.4 Å². The molecule has 228 valence electrons. The average Bonchev–Trinajstić information content (AvgIpc) is 3.48. The van der Waals surface area contributed by atoms with Gasteiger partial charge in [0.15, 0.2) is 0 Å². The van der Waals surface area contributed by atoms with Crippen molar-refractivity contribution in [3.8, 4) is 17.2 Å². The van der Waals surface area contributed by atoms with Crippen molar-refractivity contribution < 1.29 is 38.2 Å². The summed E-state index contributed by atoms with van der Waals surface area (Å²) in [6, 6.07) is 17.2. The van der Waals surface area contributed by atoms with Gasteiger partial charge < -0.3 is 14.2 Å². The van der Waals surface area contributed by atoms with Gasteiger partial charge in [0, 0.05) is 22.4 Å². The van der Waals surface area contributed by atoms with Crippen molar-refractivity contribution in [3.63, 3.8) is 0 Å². The van der Waals surface area contributed by atoms with E-state index < -0.39 is 65.1 Å². The van der Waals surface area contributed by atoms with Crippen LogP contribution < -0.4 is 24.0 Å². The van der Waals surface area contributed by atoms with E-state index in [1.807, 2.05) is 0 Å². The molecule has 2 aliphatic heterocycles. The lowest BCUT2D eigenvalue weighted by Crippen LogP contribution is -2.53. The number of carbonyl (C=O) groups excluding carboxylic acids is 5. The Morgan fingerprint density at radius 1 is 0.644 bits per heavy atom. The second kappa shape index (κ2) is 10.7. The third-order valence-electron chi connectivity index (χ3n) is 9.12. The maximum atomic E-state index is 14.1. The van der Waals surface area contributed by atoms with Crippen molar-refractivity contribution in [2.45, 2.75) is 0 Å². The second-order valence-corrected chi connectivity index (χ2v) is 12.1. The van der Waals surface area contributed by atoms with Gasteiger partial charge in [0.25, 0.3) is 0 Å². The Balaban J connectivity index is 1.31. The fourth-order valence-corrected chi connectivity index (χ4v) is 7.69. The molecule has 8 rings (SSSR count). The van der Waals surface area contributed by atoms with Crippen molar-refractivity contribution in [1.82, 2.24) is 0 Å². The van der Waals surface area contributed by atoms with Gasteiger partial charge in [0.05, 0.1) is 54.3 Å². The lowest BCUT2D eigenvalue weighted by atomic mass is 9.52. The average molecular weight is 647 g/mol. The van der Waals surface area contributed by atoms with Crippen molar-refractivity contribution in [1.29, 1.82) is 0 Å². The molecule has 5 aliphatic rings. The minimum absolute atomic E-state index is 0.0314.